The molecular formula is C10H7BrFN3S. The Labute approximate surface area is 104 Å². The van der Waals surface area contributed by atoms with Crippen molar-refractivity contribution in [1.82, 2.24) is 9.97 Å². The lowest BCUT2D eigenvalue weighted by atomic mass is 10.4. The average Bonchev–Trinajstić information content (AvgIpc) is 2.15. The van der Waals surface area contributed by atoms with Gasteiger partial charge in [-0.05, 0) is 45.9 Å². The van der Waals surface area contributed by atoms with Crippen molar-refractivity contribution in [2.75, 3.05) is 5.73 Å². The molecule has 82 valence electrons. The van der Waals surface area contributed by atoms with Crippen LogP contribution in [0.25, 0.3) is 0 Å². The lowest BCUT2D eigenvalue weighted by Gasteiger charge is -2.01. The SMILES string of the molecule is Nc1cc(Br)nc(Sc2cccc(F)c2)n1. The van der Waals surface area contributed by atoms with Gasteiger partial charge in [0.25, 0.3) is 0 Å². The van der Waals surface area contributed by atoms with Crippen LogP contribution in [0.5, 0.6) is 0 Å². The highest BCUT2D eigenvalue weighted by molar-refractivity contribution is 9.10. The number of anilines is 1. The second kappa shape index (κ2) is 4.80. The van der Waals surface area contributed by atoms with Crippen LogP contribution >= 0.6 is 27.7 Å². The maximum Gasteiger partial charge on any atom is 0.195 e. The number of rotatable bonds is 2. The Morgan fingerprint density at radius 3 is 2.75 bits per heavy atom. The first-order valence-corrected chi connectivity index (χ1v) is 5.98. The van der Waals surface area contributed by atoms with Crippen LogP contribution in [0.15, 0.2) is 45.0 Å². The van der Waals surface area contributed by atoms with E-state index in [2.05, 4.69) is 25.9 Å². The third kappa shape index (κ3) is 2.93. The Morgan fingerprint density at radius 1 is 1.25 bits per heavy atom. The van der Waals surface area contributed by atoms with Gasteiger partial charge < -0.3 is 5.73 Å². The van der Waals surface area contributed by atoms with Gasteiger partial charge >= 0.3 is 0 Å². The first kappa shape index (κ1) is 11.3. The molecule has 16 heavy (non-hydrogen) atoms. The summed E-state index contributed by atoms with van der Waals surface area (Å²) in [5.41, 5.74) is 5.57. The number of nitrogen functional groups attached to an aromatic ring is 1. The molecule has 2 aromatic rings. The van der Waals surface area contributed by atoms with Gasteiger partial charge in [-0.1, -0.05) is 6.07 Å². The molecule has 2 rings (SSSR count). The summed E-state index contributed by atoms with van der Waals surface area (Å²) in [4.78, 5) is 8.89. The summed E-state index contributed by atoms with van der Waals surface area (Å²) in [6, 6.07) is 7.84. The molecule has 0 aliphatic carbocycles. The van der Waals surface area contributed by atoms with Gasteiger partial charge in [-0.25, -0.2) is 14.4 Å². The van der Waals surface area contributed by atoms with Crippen LogP contribution in [-0.2, 0) is 0 Å². The van der Waals surface area contributed by atoms with E-state index in [4.69, 9.17) is 5.73 Å². The van der Waals surface area contributed by atoms with Gasteiger partial charge in [0.2, 0.25) is 0 Å². The fourth-order valence-electron chi connectivity index (χ4n) is 1.09. The Balaban J connectivity index is 2.27. The summed E-state index contributed by atoms with van der Waals surface area (Å²) in [5.74, 6) is 0.0914. The van der Waals surface area contributed by atoms with Crippen molar-refractivity contribution in [1.29, 1.82) is 0 Å². The van der Waals surface area contributed by atoms with E-state index in [1.165, 1.54) is 23.9 Å². The Kier molecular flexibility index (Phi) is 3.40. The zero-order chi connectivity index (χ0) is 11.5. The molecular weight excluding hydrogens is 293 g/mol. The zero-order valence-electron chi connectivity index (χ0n) is 8.02. The smallest absolute Gasteiger partial charge is 0.195 e. The third-order valence-electron chi connectivity index (χ3n) is 1.70. The standard InChI is InChI=1S/C10H7BrFN3S/c11-8-5-9(13)15-10(14-8)16-7-3-1-2-6(12)4-7/h1-5H,(H2,13,14,15). The molecule has 0 bridgehead atoms. The highest BCUT2D eigenvalue weighted by Crippen LogP contribution is 2.26. The van der Waals surface area contributed by atoms with Gasteiger partial charge in [-0.15, -0.1) is 0 Å². The summed E-state index contributed by atoms with van der Waals surface area (Å²) in [5, 5.41) is 0.484. The minimum Gasteiger partial charge on any atom is -0.384 e. The normalized spacial score (nSPS) is 10.4. The number of benzene rings is 1. The first-order chi connectivity index (χ1) is 7.63. The quantitative estimate of drug-likeness (QED) is 0.684. The number of halogens is 2. The van der Waals surface area contributed by atoms with Gasteiger partial charge in [0, 0.05) is 11.0 Å². The second-order valence-corrected chi connectivity index (χ2v) is 4.81. The molecule has 0 amide bonds. The van der Waals surface area contributed by atoms with Gasteiger partial charge in [-0.3, -0.25) is 0 Å². The topological polar surface area (TPSA) is 51.8 Å². The third-order valence-corrected chi connectivity index (χ3v) is 2.96. The molecule has 1 heterocycles. The molecule has 0 unspecified atom stereocenters. The van der Waals surface area contributed by atoms with E-state index >= 15 is 0 Å². The summed E-state index contributed by atoms with van der Waals surface area (Å²) in [6.45, 7) is 0. The number of hydrogen-bond donors (Lipinski definition) is 1. The molecule has 3 nitrogen and oxygen atoms in total. The zero-order valence-corrected chi connectivity index (χ0v) is 10.4. The molecule has 0 radical (unpaired) electrons. The predicted octanol–water partition coefficient (Wildman–Crippen LogP) is 3.11. The fourth-order valence-corrected chi connectivity index (χ4v) is 2.44. The van der Waals surface area contributed by atoms with Crippen molar-refractivity contribution < 1.29 is 4.39 Å². The molecule has 0 aliphatic rings. The van der Waals surface area contributed by atoms with Crippen LogP contribution in [0.4, 0.5) is 10.2 Å². The van der Waals surface area contributed by atoms with Gasteiger partial charge in [0.1, 0.15) is 16.2 Å². The van der Waals surface area contributed by atoms with E-state index in [1.54, 1.807) is 18.2 Å². The maximum absolute atomic E-state index is 12.9. The van der Waals surface area contributed by atoms with Crippen molar-refractivity contribution in [2.24, 2.45) is 0 Å². The molecule has 0 aliphatic heterocycles. The van der Waals surface area contributed by atoms with Crippen LogP contribution in [0, 0.1) is 5.82 Å². The molecule has 0 saturated heterocycles. The molecule has 0 spiro atoms. The average molecular weight is 300 g/mol. The Bertz CT molecular complexity index is 501. The van der Waals surface area contributed by atoms with Crippen LogP contribution in [0.2, 0.25) is 0 Å². The summed E-state index contributed by atoms with van der Waals surface area (Å²) in [7, 11) is 0. The number of hydrogen-bond acceptors (Lipinski definition) is 4. The Morgan fingerprint density at radius 2 is 2.06 bits per heavy atom. The van der Waals surface area contributed by atoms with Crippen LogP contribution < -0.4 is 5.73 Å². The van der Waals surface area contributed by atoms with Crippen molar-refractivity contribution in [2.45, 2.75) is 10.1 Å². The monoisotopic (exact) mass is 299 g/mol. The molecule has 6 heteroatoms. The largest absolute Gasteiger partial charge is 0.384 e. The van der Waals surface area contributed by atoms with Crippen LogP contribution in [0.1, 0.15) is 0 Å². The Hall–Kier alpha value is -1.14. The first-order valence-electron chi connectivity index (χ1n) is 4.37. The van der Waals surface area contributed by atoms with E-state index in [9.17, 15) is 4.39 Å². The minimum atomic E-state index is -0.284. The highest BCUT2D eigenvalue weighted by atomic mass is 79.9. The van der Waals surface area contributed by atoms with Crippen molar-refractivity contribution in [3.05, 3.63) is 40.8 Å². The number of nitrogens with two attached hydrogens (primary N) is 1. The van der Waals surface area contributed by atoms with Crippen molar-refractivity contribution in [3.63, 3.8) is 0 Å². The molecule has 0 fully saturated rings. The van der Waals surface area contributed by atoms with Gasteiger partial charge in [0.15, 0.2) is 5.16 Å². The predicted molar refractivity (Wildman–Crippen MR) is 64.7 cm³/mol. The second-order valence-electron chi connectivity index (χ2n) is 2.96. The molecule has 0 atom stereocenters. The molecule has 1 aromatic heterocycles. The maximum atomic E-state index is 12.9. The van der Waals surface area contributed by atoms with E-state index in [0.717, 1.165) is 4.90 Å². The molecule has 2 N–H and O–H groups in total. The van der Waals surface area contributed by atoms with E-state index in [0.29, 0.717) is 15.6 Å². The summed E-state index contributed by atoms with van der Waals surface area (Å²) >= 11 is 4.48. The highest BCUT2D eigenvalue weighted by Gasteiger charge is 2.04. The number of nitrogens with zero attached hydrogens (tertiary/aromatic N) is 2. The summed E-state index contributed by atoms with van der Waals surface area (Å²) < 4.78 is 13.6. The minimum absolute atomic E-state index is 0.284. The number of aromatic nitrogens is 2. The van der Waals surface area contributed by atoms with Crippen LogP contribution in [-0.4, -0.2) is 9.97 Å². The molecule has 0 saturated carbocycles. The molecule has 1 aromatic carbocycles. The summed E-state index contributed by atoms with van der Waals surface area (Å²) in [6.07, 6.45) is 0. The lowest BCUT2D eigenvalue weighted by Crippen LogP contribution is -1.94. The van der Waals surface area contributed by atoms with E-state index in [1.807, 2.05) is 0 Å². The van der Waals surface area contributed by atoms with Crippen molar-refractivity contribution in [3.8, 4) is 0 Å². The van der Waals surface area contributed by atoms with Crippen LogP contribution in [0.3, 0.4) is 0 Å². The van der Waals surface area contributed by atoms with E-state index < -0.39 is 0 Å². The lowest BCUT2D eigenvalue weighted by molar-refractivity contribution is 0.624. The van der Waals surface area contributed by atoms with E-state index in [-0.39, 0.29) is 5.82 Å². The van der Waals surface area contributed by atoms with Gasteiger partial charge in [-0.2, -0.15) is 0 Å². The van der Waals surface area contributed by atoms with Gasteiger partial charge in [0.05, 0.1) is 0 Å². The fraction of sp³-hybridized carbons (Fsp3) is 0. The van der Waals surface area contributed by atoms with Crippen molar-refractivity contribution >= 4 is 33.5 Å².